The highest BCUT2D eigenvalue weighted by atomic mass is 16.3. The van der Waals surface area contributed by atoms with Crippen molar-refractivity contribution in [2.75, 3.05) is 25.0 Å². The number of aliphatic hydroxyl groups is 1. The first kappa shape index (κ1) is 23.8. The molecule has 3 rings (SSSR count). The molecule has 2 fully saturated rings. The van der Waals surface area contributed by atoms with Crippen LogP contribution in [0.15, 0.2) is 0 Å². The van der Waals surface area contributed by atoms with Crippen LogP contribution in [0.2, 0.25) is 0 Å². The van der Waals surface area contributed by atoms with Gasteiger partial charge in [-0.2, -0.15) is 5.10 Å². The third-order valence-electron chi connectivity index (χ3n) is 5.92. The Morgan fingerprint density at radius 2 is 1.83 bits per heavy atom. The van der Waals surface area contributed by atoms with E-state index in [2.05, 4.69) is 20.6 Å². The highest BCUT2D eigenvalue weighted by Crippen LogP contribution is 2.36. The number of nitrogens with one attached hydrogen (secondary N) is 2. The number of nitrogens with zero attached hydrogens (tertiary/aromatic N) is 3. The quantitative estimate of drug-likeness (QED) is 0.502. The van der Waals surface area contributed by atoms with Gasteiger partial charge < -0.3 is 20.8 Å². The molecule has 0 spiro atoms. The van der Waals surface area contributed by atoms with Crippen LogP contribution in [0.4, 0.5) is 5.69 Å². The lowest BCUT2D eigenvalue weighted by molar-refractivity contribution is -0.123. The van der Waals surface area contributed by atoms with Crippen molar-refractivity contribution in [3.8, 4) is 0 Å². The van der Waals surface area contributed by atoms with E-state index in [1.807, 2.05) is 25.5 Å². The number of anilines is 1. The van der Waals surface area contributed by atoms with Crippen LogP contribution in [0.25, 0.3) is 0 Å². The molecule has 0 bridgehead atoms. The highest BCUT2D eigenvalue weighted by Gasteiger charge is 2.42. The molecule has 2 aliphatic rings. The van der Waals surface area contributed by atoms with Crippen LogP contribution in [-0.4, -0.2) is 75.0 Å². The number of likely N-dealkylation sites (tertiary alicyclic amines) is 1. The Hall–Kier alpha value is -2.46. The predicted molar refractivity (Wildman–Crippen MR) is 111 cm³/mol. The van der Waals surface area contributed by atoms with Gasteiger partial charge in [0.25, 0.3) is 6.47 Å². The van der Waals surface area contributed by atoms with Crippen molar-refractivity contribution in [2.24, 2.45) is 11.8 Å². The summed E-state index contributed by atoms with van der Waals surface area (Å²) < 4.78 is 1.89. The van der Waals surface area contributed by atoms with E-state index in [1.165, 1.54) is 6.92 Å². The average Bonchev–Trinajstić information content (AvgIpc) is 3.16. The second-order valence-electron chi connectivity index (χ2n) is 8.08. The van der Waals surface area contributed by atoms with Gasteiger partial charge in [0.15, 0.2) is 0 Å². The Morgan fingerprint density at radius 3 is 2.37 bits per heavy atom. The Kier molecular flexibility index (Phi) is 8.36. The monoisotopic (exact) mass is 423 g/mol. The van der Waals surface area contributed by atoms with E-state index >= 15 is 0 Å². The van der Waals surface area contributed by atoms with Gasteiger partial charge >= 0.3 is 0 Å². The van der Waals surface area contributed by atoms with Crippen LogP contribution < -0.4 is 10.6 Å². The highest BCUT2D eigenvalue weighted by molar-refractivity contribution is 5.93. The number of fused-ring (bicyclic) bond motifs is 1. The lowest BCUT2D eigenvalue weighted by atomic mass is 9.77. The minimum atomic E-state index is -0.505. The SMILES string of the molecule is CCn1nc(C)c(NC(=O)CN2C[C@H]3C[C@@H](NC(C)=O)[C@H](O)C[C@H]3C2)c1C.O=CO. The summed E-state index contributed by atoms with van der Waals surface area (Å²) in [5, 5.41) is 27.5. The third kappa shape index (κ3) is 5.79. The van der Waals surface area contributed by atoms with Crippen LogP contribution in [-0.2, 0) is 20.9 Å². The molecule has 10 nitrogen and oxygen atoms in total. The van der Waals surface area contributed by atoms with Gasteiger partial charge in [-0.3, -0.25) is 24.0 Å². The largest absolute Gasteiger partial charge is 0.483 e. The van der Waals surface area contributed by atoms with Crippen LogP contribution in [0, 0.1) is 25.7 Å². The van der Waals surface area contributed by atoms with Crippen molar-refractivity contribution in [3.63, 3.8) is 0 Å². The normalized spacial score (nSPS) is 25.6. The molecule has 1 aliphatic carbocycles. The number of aromatic nitrogens is 2. The molecule has 10 heteroatoms. The topological polar surface area (TPSA) is 137 Å². The lowest BCUT2D eigenvalue weighted by Crippen LogP contribution is -2.48. The summed E-state index contributed by atoms with van der Waals surface area (Å²) in [6, 6.07) is -0.178. The maximum Gasteiger partial charge on any atom is 0.290 e. The van der Waals surface area contributed by atoms with Gasteiger partial charge in [-0.25, -0.2) is 0 Å². The minimum Gasteiger partial charge on any atom is -0.483 e. The molecule has 1 saturated heterocycles. The smallest absolute Gasteiger partial charge is 0.290 e. The molecule has 0 radical (unpaired) electrons. The average molecular weight is 424 g/mol. The van der Waals surface area contributed by atoms with Crippen molar-refractivity contribution in [2.45, 2.75) is 59.2 Å². The molecule has 1 aliphatic heterocycles. The fourth-order valence-corrected chi connectivity index (χ4v) is 4.64. The van der Waals surface area contributed by atoms with Crippen molar-refractivity contribution < 1.29 is 24.6 Å². The fourth-order valence-electron chi connectivity index (χ4n) is 4.64. The zero-order chi connectivity index (χ0) is 22.4. The first-order valence-corrected chi connectivity index (χ1v) is 10.3. The van der Waals surface area contributed by atoms with Crippen molar-refractivity contribution >= 4 is 24.0 Å². The summed E-state index contributed by atoms with van der Waals surface area (Å²) >= 11 is 0. The zero-order valence-corrected chi connectivity index (χ0v) is 18.1. The zero-order valence-electron chi connectivity index (χ0n) is 18.1. The number of aliphatic hydroxyl groups excluding tert-OH is 1. The minimum absolute atomic E-state index is 0.0329. The number of carbonyl (C=O) groups is 3. The summed E-state index contributed by atoms with van der Waals surface area (Å²) in [4.78, 5) is 34.4. The Balaban J connectivity index is 0.00000101. The molecular formula is C20H33N5O5. The summed E-state index contributed by atoms with van der Waals surface area (Å²) in [5.74, 6) is 0.646. The van der Waals surface area contributed by atoms with Crippen LogP contribution in [0.5, 0.6) is 0 Å². The summed E-state index contributed by atoms with van der Waals surface area (Å²) in [5.41, 5.74) is 2.61. The predicted octanol–water partition coefficient (Wildman–Crippen LogP) is 0.367. The molecular weight excluding hydrogens is 390 g/mol. The fraction of sp³-hybridized carbons (Fsp3) is 0.700. The maximum absolute atomic E-state index is 12.6. The molecule has 0 unspecified atom stereocenters. The third-order valence-corrected chi connectivity index (χ3v) is 5.92. The molecule has 4 N–H and O–H groups in total. The molecule has 30 heavy (non-hydrogen) atoms. The summed E-state index contributed by atoms with van der Waals surface area (Å²) in [7, 11) is 0. The van der Waals surface area contributed by atoms with Crippen LogP contribution in [0.1, 0.15) is 38.1 Å². The second kappa shape index (κ2) is 10.5. The van der Waals surface area contributed by atoms with E-state index in [0.29, 0.717) is 24.8 Å². The molecule has 1 aromatic rings. The molecule has 2 heterocycles. The molecule has 0 aromatic carbocycles. The number of rotatable bonds is 5. The summed E-state index contributed by atoms with van der Waals surface area (Å²) in [6.07, 6.45) is 0.939. The van der Waals surface area contributed by atoms with Gasteiger partial charge in [-0.15, -0.1) is 0 Å². The lowest BCUT2D eigenvalue weighted by Gasteiger charge is -2.35. The first-order valence-electron chi connectivity index (χ1n) is 10.3. The number of hydrogen-bond donors (Lipinski definition) is 4. The van der Waals surface area contributed by atoms with E-state index in [9.17, 15) is 14.7 Å². The Morgan fingerprint density at radius 1 is 1.23 bits per heavy atom. The molecule has 2 amide bonds. The number of aryl methyl sites for hydroxylation is 2. The number of hydrogen-bond acceptors (Lipinski definition) is 6. The van der Waals surface area contributed by atoms with Gasteiger partial charge in [0.1, 0.15) is 0 Å². The Labute approximate surface area is 176 Å². The number of carboxylic acid groups (broad SMARTS) is 1. The molecule has 1 aromatic heterocycles. The van der Waals surface area contributed by atoms with E-state index in [4.69, 9.17) is 9.90 Å². The van der Waals surface area contributed by atoms with Gasteiger partial charge in [-0.1, -0.05) is 0 Å². The second-order valence-corrected chi connectivity index (χ2v) is 8.08. The van der Waals surface area contributed by atoms with Crippen LogP contribution in [0.3, 0.4) is 0 Å². The standard InChI is InChI=1S/C19H31N5O3.CH2O2/c1-5-24-12(3)19(11(2)22-24)21-18(27)10-23-8-14-6-16(20-13(4)25)17(26)7-15(14)9-23;2-1-3/h14-17,26H,5-10H2,1-4H3,(H,20,25)(H,21,27);1H,(H,2,3)/t14-,15+,16-,17-;/m1./s1. The van der Waals surface area contributed by atoms with Crippen molar-refractivity contribution in [1.82, 2.24) is 20.0 Å². The molecule has 4 atom stereocenters. The number of carbonyl (C=O) groups excluding carboxylic acids is 2. The van der Waals surface area contributed by atoms with Crippen molar-refractivity contribution in [1.29, 1.82) is 0 Å². The van der Waals surface area contributed by atoms with Gasteiger partial charge in [0.2, 0.25) is 11.8 Å². The van der Waals surface area contributed by atoms with E-state index < -0.39 is 6.10 Å². The summed E-state index contributed by atoms with van der Waals surface area (Å²) in [6.45, 7) is 9.88. The van der Waals surface area contributed by atoms with Crippen molar-refractivity contribution in [3.05, 3.63) is 11.4 Å². The van der Waals surface area contributed by atoms with Gasteiger partial charge in [0, 0.05) is 26.6 Å². The maximum atomic E-state index is 12.6. The van der Waals surface area contributed by atoms with E-state index in [0.717, 1.165) is 43.1 Å². The number of amides is 2. The van der Waals surface area contributed by atoms with Gasteiger partial charge in [0.05, 0.1) is 35.8 Å². The van der Waals surface area contributed by atoms with Gasteiger partial charge in [-0.05, 0) is 45.4 Å². The molecule has 168 valence electrons. The van der Waals surface area contributed by atoms with Crippen LogP contribution >= 0.6 is 0 Å². The Bertz CT molecular complexity index is 765. The van der Waals surface area contributed by atoms with E-state index in [1.54, 1.807) is 0 Å². The van der Waals surface area contributed by atoms with E-state index in [-0.39, 0.29) is 24.3 Å². The first-order chi connectivity index (χ1) is 14.2. The molecule has 1 saturated carbocycles.